The first-order valence-corrected chi connectivity index (χ1v) is 11.2. The monoisotopic (exact) mass is 521 g/mol. The molecular weight excluding hydrogens is 508 g/mol. The maximum atomic E-state index is 15.4. The Bertz CT molecular complexity index is 1600. The Balaban J connectivity index is 1.43. The van der Waals surface area contributed by atoms with Crippen molar-refractivity contribution in [3.63, 3.8) is 0 Å². The van der Waals surface area contributed by atoms with Gasteiger partial charge in [-0.15, -0.1) is 10.2 Å². The maximum Gasteiger partial charge on any atom is 0.271 e. The molecule has 0 saturated carbocycles. The standard InChI is InChI=1S/C25H14Cl2FN5O3/c1-12-24(34)31-22-17(3-2-4-19(22)30-12)25-33-32-20(36-25)9-14-5-6-18(27)23(21(14)28)35-16-8-13(11-29)7-15(26)10-16/h2-8,10,30H,1,9H2,(H,31,34). The van der Waals surface area contributed by atoms with Crippen LogP contribution in [0, 0.1) is 17.1 Å². The van der Waals surface area contributed by atoms with Gasteiger partial charge in [-0.05, 0) is 36.4 Å². The molecule has 8 nitrogen and oxygen atoms in total. The molecule has 1 aliphatic rings. The van der Waals surface area contributed by atoms with Crippen LogP contribution in [-0.2, 0) is 11.2 Å². The van der Waals surface area contributed by atoms with Crippen LogP contribution in [0.5, 0.6) is 11.5 Å². The predicted molar refractivity (Wildman–Crippen MR) is 132 cm³/mol. The van der Waals surface area contributed by atoms with Gasteiger partial charge in [0.15, 0.2) is 11.6 Å². The number of carbonyl (C=O) groups is 1. The van der Waals surface area contributed by atoms with Gasteiger partial charge >= 0.3 is 0 Å². The van der Waals surface area contributed by atoms with E-state index in [4.69, 9.17) is 37.6 Å². The summed E-state index contributed by atoms with van der Waals surface area (Å²) in [5.41, 5.74) is 2.24. The molecule has 2 heterocycles. The van der Waals surface area contributed by atoms with Gasteiger partial charge in [-0.2, -0.15) is 5.26 Å². The van der Waals surface area contributed by atoms with Crippen molar-refractivity contribution in [1.82, 2.24) is 10.2 Å². The Morgan fingerprint density at radius 1 is 1.14 bits per heavy atom. The van der Waals surface area contributed by atoms with E-state index in [1.807, 2.05) is 6.07 Å². The van der Waals surface area contributed by atoms with Crippen molar-refractivity contribution in [3.05, 3.63) is 93.7 Å². The largest absolute Gasteiger partial charge is 0.453 e. The minimum atomic E-state index is -0.729. The van der Waals surface area contributed by atoms with Gasteiger partial charge in [-0.1, -0.05) is 41.9 Å². The predicted octanol–water partition coefficient (Wildman–Crippen LogP) is 6.31. The zero-order chi connectivity index (χ0) is 25.4. The summed E-state index contributed by atoms with van der Waals surface area (Å²) >= 11 is 12.2. The van der Waals surface area contributed by atoms with Crippen molar-refractivity contribution in [1.29, 1.82) is 5.26 Å². The molecule has 5 rings (SSSR count). The molecule has 0 saturated heterocycles. The van der Waals surface area contributed by atoms with Crippen molar-refractivity contribution < 1.29 is 18.3 Å². The first kappa shape index (κ1) is 23.4. The molecule has 1 amide bonds. The molecule has 0 unspecified atom stereocenters. The Morgan fingerprint density at radius 2 is 1.97 bits per heavy atom. The summed E-state index contributed by atoms with van der Waals surface area (Å²) in [5.74, 6) is -0.913. The van der Waals surface area contributed by atoms with E-state index < -0.39 is 5.82 Å². The van der Waals surface area contributed by atoms with E-state index in [9.17, 15) is 4.79 Å². The molecule has 3 aromatic carbocycles. The van der Waals surface area contributed by atoms with Crippen molar-refractivity contribution >= 4 is 40.5 Å². The maximum absolute atomic E-state index is 15.4. The summed E-state index contributed by atoms with van der Waals surface area (Å²) in [6.45, 7) is 3.66. The van der Waals surface area contributed by atoms with Gasteiger partial charge in [0, 0.05) is 10.6 Å². The number of nitriles is 1. The van der Waals surface area contributed by atoms with Gasteiger partial charge in [0.2, 0.25) is 11.8 Å². The van der Waals surface area contributed by atoms with E-state index in [0.29, 0.717) is 16.9 Å². The summed E-state index contributed by atoms with van der Waals surface area (Å²) in [4.78, 5) is 12.0. The topological polar surface area (TPSA) is 113 Å². The summed E-state index contributed by atoms with van der Waals surface area (Å²) in [5, 5.41) is 23.2. The van der Waals surface area contributed by atoms with Crippen LogP contribution in [0.25, 0.3) is 11.5 Å². The van der Waals surface area contributed by atoms with Crippen molar-refractivity contribution in [2.75, 3.05) is 10.6 Å². The number of ether oxygens (including phenoxy) is 1. The molecule has 0 fully saturated rings. The second-order valence-corrected chi connectivity index (χ2v) is 8.55. The summed E-state index contributed by atoms with van der Waals surface area (Å²) in [6, 6.07) is 14.5. The molecule has 178 valence electrons. The van der Waals surface area contributed by atoms with E-state index in [1.54, 1.807) is 18.2 Å². The van der Waals surface area contributed by atoms with Gasteiger partial charge in [-0.3, -0.25) is 4.79 Å². The number of aromatic nitrogens is 2. The minimum Gasteiger partial charge on any atom is -0.453 e. The van der Waals surface area contributed by atoms with E-state index in [-0.39, 0.29) is 62.5 Å². The second kappa shape index (κ2) is 9.34. The average molecular weight is 522 g/mol. The van der Waals surface area contributed by atoms with Crippen LogP contribution in [0.1, 0.15) is 17.0 Å². The fourth-order valence-electron chi connectivity index (χ4n) is 3.58. The number of carbonyl (C=O) groups excluding carboxylic acids is 1. The quantitative estimate of drug-likeness (QED) is 0.295. The lowest BCUT2D eigenvalue weighted by Crippen LogP contribution is -2.25. The van der Waals surface area contributed by atoms with E-state index in [2.05, 4.69) is 27.4 Å². The summed E-state index contributed by atoms with van der Waals surface area (Å²) in [7, 11) is 0. The number of nitrogens with one attached hydrogen (secondary N) is 2. The van der Waals surface area contributed by atoms with Crippen LogP contribution in [0.2, 0.25) is 10.0 Å². The molecule has 36 heavy (non-hydrogen) atoms. The van der Waals surface area contributed by atoms with E-state index in [1.165, 1.54) is 30.3 Å². The fraction of sp³-hybridized carbons (Fsp3) is 0.0400. The number of amides is 1. The molecule has 4 aromatic rings. The molecule has 0 bridgehead atoms. The van der Waals surface area contributed by atoms with Gasteiger partial charge in [0.05, 0.1) is 45.7 Å². The third-order valence-corrected chi connectivity index (χ3v) is 5.77. The number of hydrogen-bond donors (Lipinski definition) is 2. The number of benzene rings is 3. The molecular formula is C25H14Cl2FN5O3. The Hall–Kier alpha value is -4.39. The number of anilines is 2. The van der Waals surface area contributed by atoms with E-state index in [0.717, 1.165) is 0 Å². The third kappa shape index (κ3) is 4.47. The summed E-state index contributed by atoms with van der Waals surface area (Å²) < 4.78 is 26.8. The average Bonchev–Trinajstić information content (AvgIpc) is 3.32. The lowest BCUT2D eigenvalue weighted by Gasteiger charge is -2.21. The normalized spacial score (nSPS) is 12.4. The zero-order valence-electron chi connectivity index (χ0n) is 18.2. The van der Waals surface area contributed by atoms with Gasteiger partial charge in [0.1, 0.15) is 5.75 Å². The molecule has 1 aliphatic heterocycles. The Morgan fingerprint density at radius 3 is 2.78 bits per heavy atom. The first-order valence-electron chi connectivity index (χ1n) is 10.4. The number of hydrogen-bond acceptors (Lipinski definition) is 7. The number of fused-ring (bicyclic) bond motifs is 1. The lowest BCUT2D eigenvalue weighted by atomic mass is 10.1. The van der Waals surface area contributed by atoms with Crippen LogP contribution >= 0.6 is 23.2 Å². The highest BCUT2D eigenvalue weighted by atomic mass is 35.5. The third-order valence-electron chi connectivity index (χ3n) is 5.25. The first-order chi connectivity index (χ1) is 17.3. The summed E-state index contributed by atoms with van der Waals surface area (Å²) in [6.07, 6.45) is -0.0538. The second-order valence-electron chi connectivity index (χ2n) is 7.70. The van der Waals surface area contributed by atoms with Crippen LogP contribution in [0.3, 0.4) is 0 Å². The number of nitrogens with zero attached hydrogens (tertiary/aromatic N) is 3. The van der Waals surface area contributed by atoms with Gasteiger partial charge < -0.3 is 19.8 Å². The van der Waals surface area contributed by atoms with Crippen LogP contribution in [0.4, 0.5) is 15.8 Å². The molecule has 0 atom stereocenters. The highest BCUT2D eigenvalue weighted by molar-refractivity contribution is 6.32. The smallest absolute Gasteiger partial charge is 0.271 e. The number of halogens is 3. The van der Waals surface area contributed by atoms with Crippen LogP contribution < -0.4 is 15.4 Å². The SMILES string of the molecule is C=C1Nc2cccc(-c3nnc(Cc4ccc(Cl)c(Oc5cc(Cl)cc(C#N)c5)c4F)o3)c2NC1=O. The van der Waals surface area contributed by atoms with Crippen LogP contribution in [-0.4, -0.2) is 16.1 Å². The Kier molecular flexibility index (Phi) is 6.06. The molecule has 0 aliphatic carbocycles. The minimum absolute atomic E-state index is 0.0293. The van der Waals surface area contributed by atoms with Crippen molar-refractivity contribution in [2.45, 2.75) is 6.42 Å². The molecule has 0 radical (unpaired) electrons. The number of para-hydroxylation sites is 1. The highest BCUT2D eigenvalue weighted by Crippen LogP contribution is 2.38. The van der Waals surface area contributed by atoms with Gasteiger partial charge in [0.25, 0.3) is 5.91 Å². The van der Waals surface area contributed by atoms with Crippen molar-refractivity contribution in [2.24, 2.45) is 0 Å². The molecule has 11 heteroatoms. The Labute approximate surface area is 213 Å². The molecule has 1 aromatic heterocycles. The molecule has 0 spiro atoms. The highest BCUT2D eigenvalue weighted by Gasteiger charge is 2.24. The lowest BCUT2D eigenvalue weighted by molar-refractivity contribution is -0.112. The van der Waals surface area contributed by atoms with Crippen LogP contribution in [0.15, 0.2) is 65.2 Å². The number of rotatable bonds is 5. The van der Waals surface area contributed by atoms with Gasteiger partial charge in [-0.25, -0.2) is 4.39 Å². The van der Waals surface area contributed by atoms with E-state index >= 15 is 4.39 Å². The van der Waals surface area contributed by atoms with Crippen molar-refractivity contribution in [3.8, 4) is 29.0 Å². The molecule has 2 N–H and O–H groups in total. The fourth-order valence-corrected chi connectivity index (χ4v) is 3.99. The zero-order valence-corrected chi connectivity index (χ0v) is 19.7.